The number of benzene rings is 4. The van der Waals surface area contributed by atoms with Gasteiger partial charge in [0.15, 0.2) is 0 Å². The maximum Gasteiger partial charge on any atom is 0.121 e. The van der Waals surface area contributed by atoms with Crippen LogP contribution < -0.4 is 0 Å². The van der Waals surface area contributed by atoms with Crippen LogP contribution in [0.2, 0.25) is 0 Å². The van der Waals surface area contributed by atoms with Gasteiger partial charge in [0.1, 0.15) is 5.58 Å². The third kappa shape index (κ3) is 8.15. The van der Waals surface area contributed by atoms with Crippen LogP contribution in [0.15, 0.2) is 102 Å². The molecule has 3 nitrogen and oxygen atoms in total. The minimum absolute atomic E-state index is 0. The van der Waals surface area contributed by atoms with Crippen LogP contribution in [0.4, 0.5) is 0 Å². The summed E-state index contributed by atoms with van der Waals surface area (Å²) in [5.41, 5.74) is 4.90. The van der Waals surface area contributed by atoms with E-state index in [1.807, 2.05) is 18.3 Å². The maximum atomic E-state index is 8.84. The minimum Gasteiger partial charge on any atom is -0.501 e. The van der Waals surface area contributed by atoms with Gasteiger partial charge in [-0.25, -0.2) is 0 Å². The fourth-order valence-corrected chi connectivity index (χ4v) is 6.50. The van der Waals surface area contributed by atoms with Gasteiger partial charge in [0.05, 0.1) is 5.58 Å². The maximum absolute atomic E-state index is 8.84. The van der Waals surface area contributed by atoms with E-state index in [9.17, 15) is 0 Å². The third-order valence-corrected chi connectivity index (χ3v) is 9.35. The average molecular weight is 875 g/mol. The summed E-state index contributed by atoms with van der Waals surface area (Å²) in [4.78, 5) is 8.87. The number of hydrogen-bond acceptors (Lipinski definition) is 3. The van der Waals surface area contributed by atoms with Crippen molar-refractivity contribution in [2.45, 2.75) is 85.6 Å². The SMILES string of the molecule is [2H]C([2H])([2H])c1c[c-]c(-c2ccc(C(C)(C)C)cn2)cc1.[2H]C([2H])([2H])c1ccc2c(c1)oc1c(-c3cc(-c4ccc(C([2H])([2H])C5CCCC5)cc4C([2H])([2H])[2H])c(C([2H])([2H])[2H])cn3)[c-]ccc12.[Ir]. The van der Waals surface area contributed by atoms with Crippen molar-refractivity contribution >= 4 is 21.9 Å². The molecule has 52 heavy (non-hydrogen) atoms. The number of rotatable bonds is 5. The van der Waals surface area contributed by atoms with E-state index < -0.39 is 33.8 Å². The first-order valence-corrected chi connectivity index (χ1v) is 17.2. The predicted molar refractivity (Wildman–Crippen MR) is 213 cm³/mol. The molecule has 267 valence electrons. The van der Waals surface area contributed by atoms with Crippen LogP contribution in [-0.2, 0) is 31.9 Å². The van der Waals surface area contributed by atoms with Gasteiger partial charge in [-0.1, -0.05) is 113 Å². The summed E-state index contributed by atoms with van der Waals surface area (Å²) in [7, 11) is 0. The summed E-state index contributed by atoms with van der Waals surface area (Å²) in [5.74, 6) is -0.228. The Morgan fingerprint density at radius 3 is 2.29 bits per heavy atom. The molecule has 7 aromatic rings. The fourth-order valence-electron chi connectivity index (χ4n) is 6.50. The molecule has 0 atom stereocenters. The molecule has 0 aliphatic heterocycles. The first kappa shape index (κ1) is 23.3. The number of aromatic nitrogens is 2. The molecule has 1 saturated carbocycles. The topological polar surface area (TPSA) is 38.9 Å². The van der Waals surface area contributed by atoms with E-state index in [1.54, 1.807) is 36.4 Å². The molecule has 1 fully saturated rings. The molecule has 0 N–H and O–H groups in total. The zero-order valence-corrected chi connectivity index (χ0v) is 31.7. The van der Waals surface area contributed by atoms with E-state index in [4.69, 9.17) is 23.6 Å². The fraction of sp³-hybridized carbons (Fsp3) is 0.292. The van der Waals surface area contributed by atoms with Gasteiger partial charge < -0.3 is 14.4 Å². The van der Waals surface area contributed by atoms with E-state index in [2.05, 4.69) is 42.9 Å². The second kappa shape index (κ2) is 15.7. The molecule has 0 spiro atoms. The van der Waals surface area contributed by atoms with Crippen LogP contribution in [0.1, 0.15) is 99.0 Å². The summed E-state index contributed by atoms with van der Waals surface area (Å²) in [6.45, 7) is -3.29. The second-order valence-corrected chi connectivity index (χ2v) is 14.1. The molecule has 0 amide bonds. The van der Waals surface area contributed by atoms with Gasteiger partial charge in [-0.15, -0.1) is 53.6 Å². The first-order chi connectivity index (χ1) is 30.1. The molecule has 1 radical (unpaired) electrons. The Bertz CT molecular complexity index is 2770. The van der Waals surface area contributed by atoms with Crippen molar-refractivity contribution < 1.29 is 43.7 Å². The Hall–Kier alpha value is -4.37. The van der Waals surface area contributed by atoms with E-state index >= 15 is 0 Å². The van der Waals surface area contributed by atoms with E-state index in [1.165, 1.54) is 48.2 Å². The van der Waals surface area contributed by atoms with Gasteiger partial charge in [-0.2, -0.15) is 0 Å². The Morgan fingerprint density at radius 2 is 1.58 bits per heavy atom. The number of hydrogen-bond donors (Lipinski definition) is 0. The summed E-state index contributed by atoms with van der Waals surface area (Å²) in [5, 5.41) is 1.37. The molecule has 1 aliphatic rings. The largest absolute Gasteiger partial charge is 0.501 e. The number of fused-ring (bicyclic) bond motifs is 3. The Labute approximate surface area is 343 Å². The molecule has 0 unspecified atom stereocenters. The van der Waals surface area contributed by atoms with Crippen molar-refractivity contribution in [3.63, 3.8) is 0 Å². The summed E-state index contributed by atoms with van der Waals surface area (Å²) in [6.07, 6.45) is 4.61. The number of nitrogens with zero attached hydrogens (tertiary/aromatic N) is 2. The molecule has 0 bridgehead atoms. The van der Waals surface area contributed by atoms with E-state index in [-0.39, 0.29) is 70.5 Å². The molecular weight excluding hydrogens is 813 g/mol. The molecule has 3 aromatic heterocycles. The van der Waals surface area contributed by atoms with Crippen LogP contribution >= 0.6 is 0 Å². The molecule has 1 aliphatic carbocycles. The third-order valence-electron chi connectivity index (χ3n) is 9.35. The number of pyridine rings is 2. The van der Waals surface area contributed by atoms with Crippen molar-refractivity contribution in [3.05, 3.63) is 143 Å². The van der Waals surface area contributed by atoms with Crippen LogP contribution in [0.25, 0.3) is 55.6 Å². The van der Waals surface area contributed by atoms with Gasteiger partial charge in [0.2, 0.25) is 0 Å². The Balaban J connectivity index is 0.000000288. The predicted octanol–water partition coefficient (Wildman–Crippen LogP) is 12.9. The van der Waals surface area contributed by atoms with Crippen LogP contribution in [0.3, 0.4) is 0 Å². The monoisotopic (exact) mass is 875 g/mol. The first-order valence-electron chi connectivity index (χ1n) is 24.2. The smallest absolute Gasteiger partial charge is 0.121 e. The molecule has 4 aromatic carbocycles. The molecule has 3 heterocycles. The number of furan rings is 1. The Morgan fingerprint density at radius 1 is 0.769 bits per heavy atom. The van der Waals surface area contributed by atoms with Gasteiger partial charge in [0.25, 0.3) is 0 Å². The standard InChI is InChI=1S/C32H30NO.C16H18N.Ir/c1-20-11-13-26-27-9-6-10-28(32(27)34-31(26)15-20)30-18-29(22(3)19-33-30)25-14-12-24(16-21(25)2)17-23-7-4-5-8-23;1-12-5-7-13(8-6-12)15-10-9-14(11-17-15)16(2,3)4;/h6,9,11-16,18-19,23H,4-5,7-8,17H2,1-3H3;5-7,9-11H,1-4H3;/q2*-1;/i1D3,2D3,3D3,17D2;1D3;. The Kier molecular flexibility index (Phi) is 7.04. The van der Waals surface area contributed by atoms with Gasteiger partial charge in [-0.3, -0.25) is 0 Å². The van der Waals surface area contributed by atoms with Crippen molar-refractivity contribution in [2.75, 3.05) is 0 Å². The molecule has 4 heteroatoms. The zero-order valence-electron chi connectivity index (χ0n) is 43.3. The zero-order chi connectivity index (χ0) is 47.5. The summed E-state index contributed by atoms with van der Waals surface area (Å²) in [6, 6.07) is 29.0. The van der Waals surface area contributed by atoms with Gasteiger partial charge in [-0.05, 0) is 94.7 Å². The van der Waals surface area contributed by atoms with Crippen molar-refractivity contribution in [1.29, 1.82) is 0 Å². The van der Waals surface area contributed by atoms with Crippen molar-refractivity contribution in [2.24, 2.45) is 5.92 Å². The molecular formula is C48H48IrN2O-2. The van der Waals surface area contributed by atoms with E-state index in [0.717, 1.165) is 36.9 Å². The summed E-state index contributed by atoms with van der Waals surface area (Å²) < 4.78 is 119. The van der Waals surface area contributed by atoms with Gasteiger partial charge in [0, 0.05) is 57.1 Å². The minimum atomic E-state index is -2.67. The van der Waals surface area contributed by atoms with Crippen molar-refractivity contribution in [3.8, 4) is 33.6 Å². The molecule has 8 rings (SSSR count). The summed E-state index contributed by atoms with van der Waals surface area (Å²) >= 11 is 0. The molecule has 0 saturated heterocycles. The second-order valence-electron chi connectivity index (χ2n) is 14.1. The van der Waals surface area contributed by atoms with Gasteiger partial charge >= 0.3 is 0 Å². The average Bonchev–Trinajstić information content (AvgIpc) is 3.92. The van der Waals surface area contributed by atoms with Crippen LogP contribution in [-0.4, -0.2) is 9.97 Å². The van der Waals surface area contributed by atoms with Crippen molar-refractivity contribution in [1.82, 2.24) is 9.97 Å². The van der Waals surface area contributed by atoms with Crippen LogP contribution in [0, 0.1) is 45.5 Å². The quantitative estimate of drug-likeness (QED) is 0.162. The van der Waals surface area contributed by atoms with Crippen LogP contribution in [0.5, 0.6) is 0 Å². The van der Waals surface area contributed by atoms with E-state index in [0.29, 0.717) is 33.1 Å². The normalized spacial score (nSPS) is 18.4. The number of aryl methyl sites for hydroxylation is 4.